The lowest BCUT2D eigenvalue weighted by molar-refractivity contribution is 0.0854. The van der Waals surface area contributed by atoms with Crippen LogP contribution in [0.3, 0.4) is 0 Å². The van der Waals surface area contributed by atoms with Gasteiger partial charge in [0.15, 0.2) is 5.69 Å². The minimum Gasteiger partial charge on any atom is -0.458 e. The first-order valence-electron chi connectivity index (χ1n) is 9.25. The maximum Gasteiger partial charge on any atom is 0.322 e. The molecule has 29 heavy (non-hydrogen) atoms. The number of halogens is 1. The van der Waals surface area contributed by atoms with E-state index in [-0.39, 0.29) is 34.7 Å². The van der Waals surface area contributed by atoms with Crippen molar-refractivity contribution in [1.29, 1.82) is 0 Å². The van der Waals surface area contributed by atoms with Crippen molar-refractivity contribution in [2.45, 2.75) is 31.8 Å². The van der Waals surface area contributed by atoms with Crippen LogP contribution in [0.1, 0.15) is 41.9 Å². The van der Waals surface area contributed by atoms with E-state index < -0.39 is 5.91 Å². The highest BCUT2D eigenvalue weighted by atomic mass is 35.5. The Bertz CT molecular complexity index is 875. The zero-order chi connectivity index (χ0) is 21.0. The van der Waals surface area contributed by atoms with Crippen molar-refractivity contribution >= 4 is 29.1 Å². The average molecular weight is 422 g/mol. The maximum absolute atomic E-state index is 11.5. The molecule has 3 heterocycles. The van der Waals surface area contributed by atoms with Crippen molar-refractivity contribution in [3.63, 3.8) is 0 Å². The number of amides is 1. The van der Waals surface area contributed by atoms with Crippen LogP contribution >= 0.6 is 11.6 Å². The number of hydrogen-bond acceptors (Lipinski definition) is 9. The molecule has 10 nitrogen and oxygen atoms in total. The quantitative estimate of drug-likeness (QED) is 0.677. The minimum atomic E-state index is -0.628. The van der Waals surface area contributed by atoms with Gasteiger partial charge in [0.1, 0.15) is 6.10 Å². The number of primary amides is 1. The van der Waals surface area contributed by atoms with Crippen LogP contribution in [0.4, 0.5) is 11.6 Å². The molecule has 2 aromatic heterocycles. The number of nitrogen functional groups attached to an aromatic ring is 1. The van der Waals surface area contributed by atoms with Gasteiger partial charge in [0.2, 0.25) is 11.2 Å². The lowest BCUT2D eigenvalue weighted by Crippen LogP contribution is -2.35. The lowest BCUT2D eigenvalue weighted by atomic mass is 9.93. The SMILES string of the molecule is COC[C@@H](C)Oc1nc(Cl)nc(N2CCC(c3ccc(N)c(C(N)=O)n3)CC2)n1. The van der Waals surface area contributed by atoms with Crippen LogP contribution in [0, 0.1) is 0 Å². The van der Waals surface area contributed by atoms with Crippen LogP contribution in [0.2, 0.25) is 5.28 Å². The molecule has 0 aromatic carbocycles. The van der Waals surface area contributed by atoms with Gasteiger partial charge in [-0.25, -0.2) is 4.98 Å². The number of nitrogens with zero attached hydrogens (tertiary/aromatic N) is 5. The first-order valence-corrected chi connectivity index (χ1v) is 9.63. The fraction of sp³-hybridized carbons (Fsp3) is 0.500. The van der Waals surface area contributed by atoms with Crippen LogP contribution in [-0.2, 0) is 4.74 Å². The largest absolute Gasteiger partial charge is 0.458 e. The molecule has 1 amide bonds. The number of pyridine rings is 1. The monoisotopic (exact) mass is 421 g/mol. The zero-order valence-electron chi connectivity index (χ0n) is 16.3. The second-order valence-corrected chi connectivity index (χ2v) is 7.21. The molecule has 0 radical (unpaired) electrons. The van der Waals surface area contributed by atoms with Crippen molar-refractivity contribution in [2.24, 2.45) is 5.73 Å². The molecule has 0 unspecified atom stereocenters. The average Bonchev–Trinajstić information content (AvgIpc) is 2.68. The number of nitrogens with two attached hydrogens (primary N) is 2. The minimum absolute atomic E-state index is 0.0723. The van der Waals surface area contributed by atoms with Crippen molar-refractivity contribution in [3.05, 3.63) is 28.8 Å². The fourth-order valence-electron chi connectivity index (χ4n) is 3.25. The highest BCUT2D eigenvalue weighted by Gasteiger charge is 2.25. The predicted octanol–water partition coefficient (Wildman–Crippen LogP) is 1.40. The predicted molar refractivity (Wildman–Crippen MR) is 108 cm³/mol. The van der Waals surface area contributed by atoms with Crippen LogP contribution in [0.25, 0.3) is 0 Å². The summed E-state index contributed by atoms with van der Waals surface area (Å²) in [6.45, 7) is 3.64. The maximum atomic E-state index is 11.5. The number of rotatable bonds is 7. The van der Waals surface area contributed by atoms with Gasteiger partial charge in [-0.1, -0.05) is 0 Å². The van der Waals surface area contributed by atoms with Gasteiger partial charge < -0.3 is 25.8 Å². The molecule has 11 heteroatoms. The summed E-state index contributed by atoms with van der Waals surface area (Å²) >= 11 is 6.05. The lowest BCUT2D eigenvalue weighted by Gasteiger charge is -2.32. The molecule has 156 valence electrons. The van der Waals surface area contributed by atoms with Crippen molar-refractivity contribution in [1.82, 2.24) is 19.9 Å². The van der Waals surface area contributed by atoms with Crippen LogP contribution in [0.5, 0.6) is 6.01 Å². The number of carbonyl (C=O) groups is 1. The van der Waals surface area contributed by atoms with Crippen LogP contribution < -0.4 is 21.1 Å². The van der Waals surface area contributed by atoms with Crippen molar-refractivity contribution < 1.29 is 14.3 Å². The Hall–Kier alpha value is -2.72. The van der Waals surface area contributed by atoms with Gasteiger partial charge in [-0.3, -0.25) is 4.79 Å². The molecule has 3 rings (SSSR count). The van der Waals surface area contributed by atoms with E-state index in [2.05, 4.69) is 19.9 Å². The Morgan fingerprint density at radius 3 is 2.66 bits per heavy atom. The Morgan fingerprint density at radius 1 is 1.28 bits per heavy atom. The van der Waals surface area contributed by atoms with E-state index in [1.807, 2.05) is 17.9 Å². The number of methoxy groups -OCH3 is 1. The summed E-state index contributed by atoms with van der Waals surface area (Å²) in [6, 6.07) is 3.68. The van der Waals surface area contributed by atoms with Gasteiger partial charge in [0.05, 0.1) is 12.3 Å². The first kappa shape index (κ1) is 21.0. The molecule has 4 N–H and O–H groups in total. The molecule has 1 atom stereocenters. The van der Waals surface area contributed by atoms with Crippen molar-refractivity contribution in [3.8, 4) is 6.01 Å². The molecule has 1 saturated heterocycles. The molecule has 1 aliphatic rings. The Morgan fingerprint density at radius 2 is 2.00 bits per heavy atom. The van der Waals surface area contributed by atoms with E-state index in [0.717, 1.165) is 18.5 Å². The van der Waals surface area contributed by atoms with E-state index in [0.29, 0.717) is 25.6 Å². The van der Waals surface area contributed by atoms with Gasteiger partial charge in [-0.2, -0.15) is 15.0 Å². The van der Waals surface area contributed by atoms with Gasteiger partial charge >= 0.3 is 6.01 Å². The summed E-state index contributed by atoms with van der Waals surface area (Å²) in [7, 11) is 1.60. The molecular weight excluding hydrogens is 398 g/mol. The number of ether oxygens (including phenoxy) is 2. The summed E-state index contributed by atoms with van der Waals surface area (Å²) in [4.78, 5) is 30.5. The first-order chi connectivity index (χ1) is 13.9. The smallest absolute Gasteiger partial charge is 0.322 e. The molecule has 0 aliphatic carbocycles. The molecule has 2 aromatic rings. The summed E-state index contributed by atoms with van der Waals surface area (Å²) in [5.74, 6) is 0.0164. The fourth-order valence-corrected chi connectivity index (χ4v) is 3.40. The second-order valence-electron chi connectivity index (χ2n) is 6.87. The standard InChI is InChI=1S/C18H24ClN7O3/c1-10(9-28-2)29-18-24-16(19)23-17(25-18)26-7-5-11(6-8-26)13-4-3-12(20)14(22-13)15(21)27/h3-4,10-11H,5-9,20H2,1-2H3,(H2,21,27)/t10-/m1/s1. The molecule has 0 saturated carbocycles. The van der Waals surface area contributed by atoms with E-state index >= 15 is 0 Å². The molecular formula is C18H24ClN7O3. The van der Waals surface area contributed by atoms with Gasteiger partial charge in [-0.15, -0.1) is 0 Å². The third-order valence-electron chi connectivity index (χ3n) is 4.66. The molecule has 0 spiro atoms. The molecule has 0 bridgehead atoms. The number of piperidine rings is 1. The van der Waals surface area contributed by atoms with E-state index in [9.17, 15) is 4.79 Å². The number of aromatic nitrogens is 4. The summed E-state index contributed by atoms with van der Waals surface area (Å²) in [6.07, 6.45) is 1.39. The van der Waals surface area contributed by atoms with Gasteiger partial charge in [0, 0.05) is 31.8 Å². The summed E-state index contributed by atoms with van der Waals surface area (Å²) in [5.41, 5.74) is 12.3. The topological polar surface area (TPSA) is 142 Å². The number of carbonyl (C=O) groups excluding carboxylic acids is 1. The molecule has 1 fully saturated rings. The Balaban J connectivity index is 1.68. The zero-order valence-corrected chi connectivity index (χ0v) is 17.1. The van der Waals surface area contributed by atoms with Gasteiger partial charge in [0.25, 0.3) is 5.91 Å². The van der Waals surface area contributed by atoms with E-state index in [1.54, 1.807) is 13.2 Å². The Labute approximate surface area is 173 Å². The highest BCUT2D eigenvalue weighted by Crippen LogP contribution is 2.30. The number of anilines is 2. The van der Waals surface area contributed by atoms with E-state index in [1.165, 1.54) is 0 Å². The summed E-state index contributed by atoms with van der Waals surface area (Å²) in [5, 5.41) is 0.0723. The third-order valence-corrected chi connectivity index (χ3v) is 4.83. The van der Waals surface area contributed by atoms with Crippen LogP contribution in [0.15, 0.2) is 12.1 Å². The number of hydrogen-bond donors (Lipinski definition) is 2. The van der Waals surface area contributed by atoms with E-state index in [4.69, 9.17) is 32.5 Å². The Kier molecular flexibility index (Phi) is 6.65. The summed E-state index contributed by atoms with van der Waals surface area (Å²) < 4.78 is 10.7. The van der Waals surface area contributed by atoms with Crippen LogP contribution in [-0.4, -0.2) is 58.8 Å². The molecule has 1 aliphatic heterocycles. The normalized spacial score (nSPS) is 15.9. The third kappa shape index (κ3) is 5.21. The highest BCUT2D eigenvalue weighted by molar-refractivity contribution is 6.28. The second kappa shape index (κ2) is 9.19. The van der Waals surface area contributed by atoms with Crippen molar-refractivity contribution in [2.75, 3.05) is 37.4 Å². The van der Waals surface area contributed by atoms with Gasteiger partial charge in [-0.05, 0) is 43.5 Å².